The van der Waals surface area contributed by atoms with E-state index in [1.165, 1.54) is 24.1 Å². The summed E-state index contributed by atoms with van der Waals surface area (Å²) in [6.07, 6.45) is 0.239. The van der Waals surface area contributed by atoms with E-state index in [1.807, 2.05) is 89.2 Å². The molecule has 0 radical (unpaired) electrons. The molecule has 2 amide bonds. The van der Waals surface area contributed by atoms with Crippen molar-refractivity contribution < 1.29 is 22.7 Å². The number of nitrogens with one attached hydrogen (secondary N) is 1. The highest BCUT2D eigenvalue weighted by molar-refractivity contribution is 9.10. The van der Waals surface area contributed by atoms with Gasteiger partial charge in [-0.2, -0.15) is 0 Å². The predicted molar refractivity (Wildman–Crippen MR) is 190 cm³/mol. The fourth-order valence-electron chi connectivity index (χ4n) is 5.07. The number of aryl methyl sites for hydroxylation is 2. The zero-order valence-electron chi connectivity index (χ0n) is 27.7. The SMILES string of the molecule is COc1ccc(S(=O)(=O)N(CC(=O)N(Cc2ccc(C)cc2)[C@H](Cc2ccccc2)C(=O)NC(C)(C)C)c2ccc(C)cc2)cc1Br. The van der Waals surface area contributed by atoms with E-state index >= 15 is 0 Å². The largest absolute Gasteiger partial charge is 0.496 e. The van der Waals surface area contributed by atoms with E-state index < -0.39 is 34.1 Å². The van der Waals surface area contributed by atoms with Crippen LogP contribution in [0.15, 0.2) is 106 Å². The Bertz CT molecular complexity index is 1790. The fraction of sp³-hybridized carbons (Fsp3) is 0.297. The Morgan fingerprint density at radius 1 is 0.851 bits per heavy atom. The Morgan fingerprint density at radius 2 is 1.45 bits per heavy atom. The van der Waals surface area contributed by atoms with E-state index in [0.717, 1.165) is 26.6 Å². The van der Waals surface area contributed by atoms with E-state index in [4.69, 9.17) is 4.74 Å². The summed E-state index contributed by atoms with van der Waals surface area (Å²) in [5.41, 5.74) is 3.44. The molecule has 0 heterocycles. The van der Waals surface area contributed by atoms with Crippen molar-refractivity contribution in [3.8, 4) is 5.75 Å². The molecule has 1 atom stereocenters. The first kappa shape index (κ1) is 35.7. The van der Waals surface area contributed by atoms with Crippen molar-refractivity contribution in [1.82, 2.24) is 10.2 Å². The molecule has 0 aliphatic carbocycles. The summed E-state index contributed by atoms with van der Waals surface area (Å²) < 4.78 is 35.5. The number of carbonyl (C=O) groups is 2. The molecule has 0 bridgehead atoms. The van der Waals surface area contributed by atoms with Gasteiger partial charge in [0.2, 0.25) is 11.8 Å². The standard InChI is InChI=1S/C37H42BrN3O5S/c1-26-12-16-29(17-13-26)24-40(33(36(43)39-37(3,4)5)22-28-10-8-7-9-11-28)35(42)25-41(30-18-14-27(2)15-19-30)47(44,45)31-20-21-34(46-6)32(38)23-31/h7-21,23,33H,22,24-25H2,1-6H3,(H,39,43)/t33-/m1/s1. The average molecular weight is 721 g/mol. The number of sulfonamides is 1. The molecule has 0 fully saturated rings. The summed E-state index contributed by atoms with van der Waals surface area (Å²) >= 11 is 3.39. The molecule has 4 aromatic carbocycles. The molecular formula is C37H42BrN3O5S. The van der Waals surface area contributed by atoms with E-state index in [2.05, 4.69) is 21.2 Å². The molecule has 4 aromatic rings. The van der Waals surface area contributed by atoms with Crippen molar-refractivity contribution in [2.75, 3.05) is 18.0 Å². The topological polar surface area (TPSA) is 96.0 Å². The maximum atomic E-state index is 14.6. The zero-order valence-corrected chi connectivity index (χ0v) is 30.1. The first-order valence-electron chi connectivity index (χ1n) is 15.3. The van der Waals surface area contributed by atoms with Crippen LogP contribution in [-0.2, 0) is 32.6 Å². The van der Waals surface area contributed by atoms with E-state index in [-0.39, 0.29) is 23.8 Å². The predicted octanol–water partition coefficient (Wildman–Crippen LogP) is 6.82. The van der Waals surface area contributed by atoms with Gasteiger partial charge in [0.1, 0.15) is 18.3 Å². The lowest BCUT2D eigenvalue weighted by Gasteiger charge is -2.35. The summed E-state index contributed by atoms with van der Waals surface area (Å²) in [6.45, 7) is 9.10. The lowest BCUT2D eigenvalue weighted by molar-refractivity contribution is -0.140. The molecule has 0 aliphatic rings. The molecule has 10 heteroatoms. The fourth-order valence-corrected chi connectivity index (χ4v) is 7.20. The Morgan fingerprint density at radius 3 is 2.00 bits per heavy atom. The van der Waals surface area contributed by atoms with Gasteiger partial charge in [0.05, 0.1) is 22.2 Å². The highest BCUT2D eigenvalue weighted by atomic mass is 79.9. The molecular weight excluding hydrogens is 678 g/mol. The minimum Gasteiger partial charge on any atom is -0.496 e. The van der Waals surface area contributed by atoms with Crippen molar-refractivity contribution in [2.45, 2.75) is 64.1 Å². The van der Waals surface area contributed by atoms with Crippen LogP contribution in [0, 0.1) is 13.8 Å². The number of methoxy groups -OCH3 is 1. The summed E-state index contributed by atoms with van der Waals surface area (Å²) in [5, 5.41) is 3.05. The van der Waals surface area contributed by atoms with Crippen LogP contribution in [0.2, 0.25) is 0 Å². The molecule has 0 saturated heterocycles. The van der Waals surface area contributed by atoms with E-state index in [1.54, 1.807) is 30.3 Å². The molecule has 4 rings (SSSR count). The number of anilines is 1. The second kappa shape index (κ2) is 15.2. The van der Waals surface area contributed by atoms with Gasteiger partial charge in [-0.25, -0.2) is 8.42 Å². The van der Waals surface area contributed by atoms with Crippen LogP contribution >= 0.6 is 15.9 Å². The van der Waals surface area contributed by atoms with Crippen LogP contribution in [0.25, 0.3) is 0 Å². The lowest BCUT2D eigenvalue weighted by Crippen LogP contribution is -2.56. The second-order valence-corrected chi connectivity index (χ2v) is 15.3. The van der Waals surface area contributed by atoms with Crippen LogP contribution < -0.4 is 14.4 Å². The number of carbonyl (C=O) groups excluding carboxylic acids is 2. The number of rotatable bonds is 12. The highest BCUT2D eigenvalue weighted by Crippen LogP contribution is 2.31. The quantitative estimate of drug-likeness (QED) is 0.173. The highest BCUT2D eigenvalue weighted by Gasteiger charge is 2.35. The third-order valence-electron chi connectivity index (χ3n) is 7.55. The van der Waals surface area contributed by atoms with Crippen molar-refractivity contribution in [1.29, 1.82) is 0 Å². The van der Waals surface area contributed by atoms with Gasteiger partial charge in [-0.3, -0.25) is 13.9 Å². The smallest absolute Gasteiger partial charge is 0.264 e. The molecule has 8 nitrogen and oxygen atoms in total. The monoisotopic (exact) mass is 719 g/mol. The number of halogens is 1. The van der Waals surface area contributed by atoms with Gasteiger partial charge in [0.25, 0.3) is 10.0 Å². The van der Waals surface area contributed by atoms with Gasteiger partial charge in [0.15, 0.2) is 0 Å². The van der Waals surface area contributed by atoms with Crippen LogP contribution in [0.1, 0.15) is 43.0 Å². The van der Waals surface area contributed by atoms with Crippen LogP contribution in [-0.4, -0.2) is 50.4 Å². The number of hydrogen-bond donors (Lipinski definition) is 1. The Balaban J connectivity index is 1.82. The Kier molecular flexibility index (Phi) is 11.5. The summed E-state index contributed by atoms with van der Waals surface area (Å²) in [6, 6.07) is 27.7. The first-order chi connectivity index (χ1) is 22.2. The number of benzene rings is 4. The molecule has 0 aromatic heterocycles. The van der Waals surface area contributed by atoms with Crippen LogP contribution in [0.3, 0.4) is 0 Å². The van der Waals surface area contributed by atoms with Crippen LogP contribution in [0.5, 0.6) is 5.75 Å². The second-order valence-electron chi connectivity index (χ2n) is 12.6. The van der Waals surface area contributed by atoms with Gasteiger partial charge in [-0.05, 0) is 92.0 Å². The third kappa shape index (κ3) is 9.45. The maximum Gasteiger partial charge on any atom is 0.264 e. The minimum absolute atomic E-state index is 0.0186. The van der Waals surface area contributed by atoms with Gasteiger partial charge in [0, 0.05) is 18.5 Å². The molecule has 1 N–H and O–H groups in total. The normalized spacial score (nSPS) is 12.2. The summed E-state index contributed by atoms with van der Waals surface area (Å²) in [4.78, 5) is 30.1. The maximum absolute atomic E-state index is 14.6. The Labute approximate surface area is 286 Å². The molecule has 248 valence electrons. The molecule has 0 saturated carbocycles. The number of ether oxygens (including phenoxy) is 1. The van der Waals surface area contributed by atoms with Crippen molar-refractivity contribution >= 4 is 43.5 Å². The van der Waals surface area contributed by atoms with Crippen molar-refractivity contribution in [3.05, 3.63) is 124 Å². The number of nitrogens with zero attached hydrogens (tertiary/aromatic N) is 2. The van der Waals surface area contributed by atoms with Gasteiger partial charge >= 0.3 is 0 Å². The molecule has 47 heavy (non-hydrogen) atoms. The Hall–Kier alpha value is -4.15. The number of amides is 2. The summed E-state index contributed by atoms with van der Waals surface area (Å²) in [7, 11) is -2.76. The molecule has 0 unspecified atom stereocenters. The van der Waals surface area contributed by atoms with Crippen molar-refractivity contribution in [3.63, 3.8) is 0 Å². The minimum atomic E-state index is -4.26. The van der Waals surface area contributed by atoms with E-state index in [9.17, 15) is 18.0 Å². The molecule has 0 spiro atoms. The first-order valence-corrected chi connectivity index (χ1v) is 17.5. The third-order valence-corrected chi connectivity index (χ3v) is 9.94. The number of hydrogen-bond acceptors (Lipinski definition) is 5. The lowest BCUT2D eigenvalue weighted by atomic mass is 10.0. The van der Waals surface area contributed by atoms with Gasteiger partial charge in [-0.1, -0.05) is 77.9 Å². The average Bonchev–Trinajstić information content (AvgIpc) is 3.02. The van der Waals surface area contributed by atoms with Crippen molar-refractivity contribution in [2.24, 2.45) is 0 Å². The van der Waals surface area contributed by atoms with Gasteiger partial charge in [-0.15, -0.1) is 0 Å². The van der Waals surface area contributed by atoms with Gasteiger partial charge < -0.3 is 15.0 Å². The van der Waals surface area contributed by atoms with E-state index in [0.29, 0.717) is 15.9 Å². The molecule has 0 aliphatic heterocycles. The zero-order chi connectivity index (χ0) is 34.4. The van der Waals surface area contributed by atoms with Crippen LogP contribution in [0.4, 0.5) is 5.69 Å². The summed E-state index contributed by atoms with van der Waals surface area (Å²) in [5.74, 6) is -0.377.